The van der Waals surface area contributed by atoms with Crippen molar-refractivity contribution in [3.8, 4) is 22.8 Å². The molecule has 1 saturated carbocycles. The van der Waals surface area contributed by atoms with Gasteiger partial charge in [-0.3, -0.25) is 14.7 Å². The molecular formula is C29H31FN8. The average Bonchev–Trinajstić information content (AvgIpc) is 3.39. The lowest BCUT2D eigenvalue weighted by Crippen LogP contribution is -2.30. The summed E-state index contributed by atoms with van der Waals surface area (Å²) in [6, 6.07) is 9.50. The summed E-state index contributed by atoms with van der Waals surface area (Å²) in [6.07, 6.45) is 5.95. The van der Waals surface area contributed by atoms with Crippen molar-refractivity contribution in [2.75, 3.05) is 13.1 Å². The van der Waals surface area contributed by atoms with E-state index in [9.17, 15) is 0 Å². The number of H-pyrrole nitrogens is 1. The first kappa shape index (κ1) is 23.3. The maximum Gasteiger partial charge on any atom is 0.181 e. The van der Waals surface area contributed by atoms with Crippen LogP contribution in [0.25, 0.3) is 33.7 Å². The molecule has 0 saturated heterocycles. The van der Waals surface area contributed by atoms with E-state index in [4.69, 9.17) is 9.97 Å². The van der Waals surface area contributed by atoms with E-state index in [2.05, 4.69) is 39.3 Å². The zero-order valence-corrected chi connectivity index (χ0v) is 22.0. The van der Waals surface area contributed by atoms with Crippen LogP contribution < -0.4 is 0 Å². The third-order valence-corrected chi connectivity index (χ3v) is 8.19. The van der Waals surface area contributed by atoms with Gasteiger partial charge in [-0.1, -0.05) is 19.1 Å². The Hall–Kier alpha value is -3.85. The summed E-state index contributed by atoms with van der Waals surface area (Å²) in [6.45, 7) is 4.98. The Kier molecular flexibility index (Phi) is 5.43. The molecule has 1 fully saturated rings. The standard InChI is InChI=1S/C29H31FN8/c1-4-38-12-11-25-24(16-38)32-29(36(25)2)20-9-7-19(13-22(20)30)28-33-26(37(3)35-28)14-18-8-10-23-21(15-31-34-23)27(18)17-5-6-17/h7-10,13,15,17H,4-6,11-12,14,16H2,1-3H3,(H,31,34). The fourth-order valence-corrected chi connectivity index (χ4v) is 5.88. The number of imidazole rings is 1. The van der Waals surface area contributed by atoms with E-state index in [1.807, 2.05) is 41.7 Å². The Balaban J connectivity index is 1.19. The van der Waals surface area contributed by atoms with E-state index in [0.717, 1.165) is 43.1 Å². The third kappa shape index (κ3) is 3.84. The Bertz CT molecular complexity index is 1670. The zero-order chi connectivity index (χ0) is 26.0. The van der Waals surface area contributed by atoms with Crippen molar-refractivity contribution < 1.29 is 4.39 Å². The lowest BCUT2D eigenvalue weighted by Gasteiger charge is -2.24. The Morgan fingerprint density at radius 3 is 2.76 bits per heavy atom. The van der Waals surface area contributed by atoms with Crippen molar-refractivity contribution in [1.82, 2.24) is 39.4 Å². The lowest BCUT2D eigenvalue weighted by molar-refractivity contribution is 0.262. The van der Waals surface area contributed by atoms with Crippen LogP contribution in [0.4, 0.5) is 4.39 Å². The van der Waals surface area contributed by atoms with Gasteiger partial charge in [0.1, 0.15) is 17.5 Å². The Morgan fingerprint density at radius 1 is 1.11 bits per heavy atom. The second-order valence-corrected chi connectivity index (χ2v) is 10.6. The van der Waals surface area contributed by atoms with Gasteiger partial charge in [0.2, 0.25) is 0 Å². The largest absolute Gasteiger partial charge is 0.331 e. The number of hydrogen-bond acceptors (Lipinski definition) is 5. The molecule has 5 aromatic rings. The molecule has 0 bridgehead atoms. The molecule has 4 heterocycles. The molecule has 0 amide bonds. The highest BCUT2D eigenvalue weighted by molar-refractivity contribution is 5.84. The minimum atomic E-state index is -0.310. The van der Waals surface area contributed by atoms with Gasteiger partial charge in [0, 0.05) is 56.7 Å². The van der Waals surface area contributed by atoms with Gasteiger partial charge in [-0.15, -0.1) is 0 Å². The van der Waals surface area contributed by atoms with Gasteiger partial charge in [0.05, 0.1) is 23.0 Å². The van der Waals surface area contributed by atoms with Gasteiger partial charge in [0.25, 0.3) is 0 Å². The number of aromatic amines is 1. The average molecular weight is 511 g/mol. The molecule has 7 rings (SSSR count). The number of nitrogens with one attached hydrogen (secondary N) is 1. The molecule has 0 atom stereocenters. The SMILES string of the molecule is CCN1CCc2c(nc(-c3ccc(-c4nc(Cc5ccc6[nH]ncc6c5C5CC5)n(C)n4)cc3F)n2C)C1. The number of rotatable bonds is 6. The van der Waals surface area contributed by atoms with Crippen LogP contribution in [0, 0.1) is 5.82 Å². The zero-order valence-electron chi connectivity index (χ0n) is 22.0. The van der Waals surface area contributed by atoms with E-state index in [1.54, 1.807) is 0 Å². The van der Waals surface area contributed by atoms with Crippen LogP contribution in [0.15, 0.2) is 36.5 Å². The molecule has 2 aliphatic rings. The lowest BCUT2D eigenvalue weighted by atomic mass is 9.96. The molecule has 38 heavy (non-hydrogen) atoms. The Morgan fingerprint density at radius 2 is 1.97 bits per heavy atom. The maximum absolute atomic E-state index is 15.5. The van der Waals surface area contributed by atoms with Gasteiger partial charge in [-0.2, -0.15) is 10.2 Å². The first-order chi connectivity index (χ1) is 18.5. The number of nitrogens with zero attached hydrogens (tertiary/aromatic N) is 7. The monoisotopic (exact) mass is 510 g/mol. The van der Waals surface area contributed by atoms with Gasteiger partial charge < -0.3 is 4.57 Å². The van der Waals surface area contributed by atoms with E-state index in [-0.39, 0.29) is 5.82 Å². The molecule has 1 aliphatic heterocycles. The maximum atomic E-state index is 15.5. The summed E-state index contributed by atoms with van der Waals surface area (Å²) in [5, 5.41) is 13.2. The summed E-state index contributed by atoms with van der Waals surface area (Å²) in [5.74, 6) is 2.33. The van der Waals surface area contributed by atoms with Gasteiger partial charge >= 0.3 is 0 Å². The quantitative estimate of drug-likeness (QED) is 0.357. The van der Waals surface area contributed by atoms with Crippen molar-refractivity contribution in [2.45, 2.75) is 45.1 Å². The predicted molar refractivity (Wildman–Crippen MR) is 144 cm³/mol. The van der Waals surface area contributed by atoms with Crippen molar-refractivity contribution >= 4 is 10.9 Å². The highest BCUT2D eigenvalue weighted by atomic mass is 19.1. The van der Waals surface area contributed by atoms with E-state index in [1.165, 1.54) is 41.1 Å². The van der Waals surface area contributed by atoms with Crippen LogP contribution in [-0.2, 0) is 33.5 Å². The molecular weight excluding hydrogens is 479 g/mol. The molecule has 194 valence electrons. The predicted octanol–water partition coefficient (Wildman–Crippen LogP) is 4.74. The van der Waals surface area contributed by atoms with Gasteiger partial charge in [-0.05, 0) is 54.6 Å². The second-order valence-electron chi connectivity index (χ2n) is 10.6. The summed E-state index contributed by atoms with van der Waals surface area (Å²) < 4.78 is 19.4. The van der Waals surface area contributed by atoms with Crippen LogP contribution in [0.2, 0.25) is 0 Å². The molecule has 1 N–H and O–H groups in total. The van der Waals surface area contributed by atoms with Crippen LogP contribution in [0.3, 0.4) is 0 Å². The normalized spacial score (nSPS) is 15.9. The number of benzene rings is 2. The number of aryl methyl sites for hydroxylation is 1. The highest BCUT2D eigenvalue weighted by Gasteiger charge is 2.29. The minimum absolute atomic E-state index is 0.310. The minimum Gasteiger partial charge on any atom is -0.331 e. The number of likely N-dealkylation sites (N-methyl/N-ethyl adjacent to an activating group) is 1. The number of fused-ring (bicyclic) bond motifs is 2. The number of aromatic nitrogens is 7. The third-order valence-electron chi connectivity index (χ3n) is 8.19. The van der Waals surface area contributed by atoms with E-state index >= 15 is 4.39 Å². The summed E-state index contributed by atoms with van der Waals surface area (Å²) in [5.41, 5.74) is 7.12. The molecule has 0 radical (unpaired) electrons. The van der Waals surface area contributed by atoms with Crippen molar-refractivity contribution in [2.24, 2.45) is 14.1 Å². The molecule has 0 spiro atoms. The number of halogens is 1. The van der Waals surface area contributed by atoms with Gasteiger partial charge in [0.15, 0.2) is 5.82 Å². The number of hydrogen-bond donors (Lipinski definition) is 1. The van der Waals surface area contributed by atoms with Crippen LogP contribution in [0.5, 0.6) is 0 Å². The molecule has 9 heteroatoms. The van der Waals surface area contributed by atoms with Crippen molar-refractivity contribution in [3.63, 3.8) is 0 Å². The van der Waals surface area contributed by atoms with Crippen LogP contribution in [-0.4, -0.2) is 52.5 Å². The van der Waals surface area contributed by atoms with E-state index in [0.29, 0.717) is 35.1 Å². The smallest absolute Gasteiger partial charge is 0.181 e. The highest BCUT2D eigenvalue weighted by Crippen LogP contribution is 2.45. The molecule has 8 nitrogen and oxygen atoms in total. The summed E-state index contributed by atoms with van der Waals surface area (Å²) in [7, 11) is 3.89. The first-order valence-electron chi connectivity index (χ1n) is 13.4. The van der Waals surface area contributed by atoms with Crippen LogP contribution in [0.1, 0.15) is 54.0 Å². The van der Waals surface area contributed by atoms with Crippen molar-refractivity contribution in [3.05, 3.63) is 70.7 Å². The molecule has 1 aliphatic carbocycles. The second kappa shape index (κ2) is 8.87. The fraction of sp³-hybridized carbons (Fsp3) is 0.379. The van der Waals surface area contributed by atoms with Crippen LogP contribution >= 0.6 is 0 Å². The molecule has 0 unspecified atom stereocenters. The molecule has 2 aromatic carbocycles. The molecule has 3 aromatic heterocycles. The summed E-state index contributed by atoms with van der Waals surface area (Å²) in [4.78, 5) is 12.0. The topological polar surface area (TPSA) is 80.5 Å². The Labute approximate surface area is 220 Å². The first-order valence-corrected chi connectivity index (χ1v) is 13.4. The summed E-state index contributed by atoms with van der Waals surface area (Å²) >= 11 is 0. The van der Waals surface area contributed by atoms with Gasteiger partial charge in [-0.25, -0.2) is 14.4 Å². The fourth-order valence-electron chi connectivity index (χ4n) is 5.88. The van der Waals surface area contributed by atoms with E-state index < -0.39 is 0 Å². The van der Waals surface area contributed by atoms with Crippen molar-refractivity contribution in [1.29, 1.82) is 0 Å².